The first-order valence-corrected chi connectivity index (χ1v) is 6.61. The first-order valence-electron chi connectivity index (χ1n) is 6.61. The molecule has 1 aromatic heterocycles. The molecule has 4 nitrogen and oxygen atoms in total. The molecule has 0 aliphatic heterocycles. The number of carbonyl (C=O) groups is 1. The lowest BCUT2D eigenvalue weighted by Gasteiger charge is -2.19. The highest BCUT2D eigenvalue weighted by Crippen LogP contribution is 2.22. The molecule has 4 heteroatoms. The number of ketones is 1. The summed E-state index contributed by atoms with van der Waals surface area (Å²) in [5.74, 6) is -0.196. The summed E-state index contributed by atoms with van der Waals surface area (Å²) in [6, 6.07) is 11.0. The normalized spacial score (nSPS) is 13.7. The third-order valence-corrected chi connectivity index (χ3v) is 3.54. The first kappa shape index (κ1) is 14.2. The molecule has 2 rings (SSSR count). The Labute approximate surface area is 118 Å². The summed E-state index contributed by atoms with van der Waals surface area (Å²) >= 11 is 0. The van der Waals surface area contributed by atoms with Crippen LogP contribution in [0.15, 0.2) is 48.8 Å². The SMILES string of the molecule is CC(C(=O)Cc1cnccc1N)C(N)c1ccccc1. The van der Waals surface area contributed by atoms with E-state index in [0.29, 0.717) is 5.69 Å². The van der Waals surface area contributed by atoms with E-state index in [-0.39, 0.29) is 24.2 Å². The van der Waals surface area contributed by atoms with Crippen molar-refractivity contribution in [3.63, 3.8) is 0 Å². The summed E-state index contributed by atoms with van der Waals surface area (Å²) in [5, 5.41) is 0. The van der Waals surface area contributed by atoms with Gasteiger partial charge in [-0.25, -0.2) is 0 Å². The molecule has 2 atom stereocenters. The average molecular weight is 269 g/mol. The quantitative estimate of drug-likeness (QED) is 0.871. The predicted molar refractivity (Wildman–Crippen MR) is 79.9 cm³/mol. The lowest BCUT2D eigenvalue weighted by molar-refractivity contribution is -0.122. The largest absolute Gasteiger partial charge is 0.398 e. The van der Waals surface area contributed by atoms with E-state index in [0.717, 1.165) is 11.1 Å². The maximum absolute atomic E-state index is 12.3. The smallest absolute Gasteiger partial charge is 0.142 e. The highest BCUT2D eigenvalue weighted by atomic mass is 16.1. The van der Waals surface area contributed by atoms with Crippen molar-refractivity contribution in [2.45, 2.75) is 19.4 Å². The number of benzene rings is 1. The van der Waals surface area contributed by atoms with E-state index >= 15 is 0 Å². The van der Waals surface area contributed by atoms with Crippen LogP contribution < -0.4 is 11.5 Å². The lowest BCUT2D eigenvalue weighted by atomic mass is 9.89. The molecule has 0 saturated heterocycles. The molecule has 0 radical (unpaired) electrons. The molecule has 1 heterocycles. The van der Waals surface area contributed by atoms with E-state index in [1.165, 1.54) is 0 Å². The Kier molecular flexibility index (Phi) is 4.48. The Morgan fingerprint density at radius 1 is 1.25 bits per heavy atom. The van der Waals surface area contributed by atoms with Crippen LogP contribution in [0.1, 0.15) is 24.1 Å². The monoisotopic (exact) mass is 269 g/mol. The van der Waals surface area contributed by atoms with Crippen LogP contribution in [0.2, 0.25) is 0 Å². The fourth-order valence-corrected chi connectivity index (χ4v) is 2.10. The average Bonchev–Trinajstić information content (AvgIpc) is 2.49. The molecule has 104 valence electrons. The molecular weight excluding hydrogens is 250 g/mol. The number of hydrogen-bond donors (Lipinski definition) is 2. The number of pyridine rings is 1. The minimum atomic E-state index is -0.304. The number of nitrogens with two attached hydrogens (primary N) is 2. The van der Waals surface area contributed by atoms with Crippen molar-refractivity contribution >= 4 is 11.5 Å². The van der Waals surface area contributed by atoms with Gasteiger partial charge in [0, 0.05) is 42.0 Å². The van der Waals surface area contributed by atoms with Gasteiger partial charge in [-0.2, -0.15) is 0 Å². The maximum atomic E-state index is 12.3. The van der Waals surface area contributed by atoms with Gasteiger partial charge in [0.1, 0.15) is 5.78 Å². The van der Waals surface area contributed by atoms with Gasteiger partial charge in [0.25, 0.3) is 0 Å². The molecule has 2 aromatic rings. The van der Waals surface area contributed by atoms with Crippen LogP contribution in [0.3, 0.4) is 0 Å². The molecule has 0 bridgehead atoms. The number of anilines is 1. The summed E-state index contributed by atoms with van der Waals surface area (Å²) in [4.78, 5) is 16.3. The third-order valence-electron chi connectivity index (χ3n) is 3.54. The van der Waals surface area contributed by atoms with Crippen molar-refractivity contribution in [3.05, 3.63) is 59.9 Å². The van der Waals surface area contributed by atoms with E-state index in [1.54, 1.807) is 18.5 Å². The van der Waals surface area contributed by atoms with Gasteiger partial charge < -0.3 is 11.5 Å². The summed E-state index contributed by atoms with van der Waals surface area (Å²) in [5.41, 5.74) is 14.3. The Morgan fingerprint density at radius 3 is 2.60 bits per heavy atom. The summed E-state index contributed by atoms with van der Waals surface area (Å²) in [6.45, 7) is 1.85. The first-order chi connectivity index (χ1) is 9.59. The Hall–Kier alpha value is -2.20. The molecule has 20 heavy (non-hydrogen) atoms. The second-order valence-electron chi connectivity index (χ2n) is 4.94. The van der Waals surface area contributed by atoms with Crippen molar-refractivity contribution in [2.24, 2.45) is 11.7 Å². The van der Waals surface area contributed by atoms with Crippen LogP contribution in [0, 0.1) is 5.92 Å². The number of carbonyl (C=O) groups excluding carboxylic acids is 1. The van der Waals surface area contributed by atoms with Gasteiger partial charge >= 0.3 is 0 Å². The molecule has 0 aliphatic rings. The Bertz CT molecular complexity index is 583. The fraction of sp³-hybridized carbons (Fsp3) is 0.250. The Morgan fingerprint density at radius 2 is 1.95 bits per heavy atom. The standard InChI is InChI=1S/C16H19N3O/c1-11(16(18)12-5-3-2-4-6-12)15(20)9-13-10-19-8-7-14(13)17/h2-8,10-11,16H,9,18H2,1H3,(H2,17,19). The lowest BCUT2D eigenvalue weighted by Crippen LogP contribution is -2.27. The molecule has 2 unspecified atom stereocenters. The number of hydrogen-bond acceptors (Lipinski definition) is 4. The van der Waals surface area contributed by atoms with Gasteiger partial charge in [-0.15, -0.1) is 0 Å². The van der Waals surface area contributed by atoms with Crippen molar-refractivity contribution in [1.29, 1.82) is 0 Å². The summed E-state index contributed by atoms with van der Waals surface area (Å²) < 4.78 is 0. The van der Waals surface area contributed by atoms with Crippen molar-refractivity contribution in [2.75, 3.05) is 5.73 Å². The Balaban J connectivity index is 2.08. The predicted octanol–water partition coefficient (Wildman–Crippen LogP) is 2.11. The maximum Gasteiger partial charge on any atom is 0.142 e. The van der Waals surface area contributed by atoms with Crippen LogP contribution in [0.5, 0.6) is 0 Å². The van der Waals surface area contributed by atoms with Crippen LogP contribution in [0.25, 0.3) is 0 Å². The zero-order valence-electron chi connectivity index (χ0n) is 11.5. The minimum absolute atomic E-state index is 0.0704. The number of Topliss-reactive ketones (excluding diaryl/α,β-unsaturated/α-hetero) is 1. The third kappa shape index (κ3) is 3.22. The summed E-state index contributed by atoms with van der Waals surface area (Å²) in [6.07, 6.45) is 3.51. The number of rotatable bonds is 5. The molecule has 1 aromatic carbocycles. The molecule has 0 amide bonds. The van der Waals surface area contributed by atoms with Gasteiger partial charge in [0.05, 0.1) is 0 Å². The second kappa shape index (κ2) is 6.30. The van der Waals surface area contributed by atoms with Gasteiger partial charge in [0.2, 0.25) is 0 Å². The van der Waals surface area contributed by atoms with Gasteiger partial charge in [0.15, 0.2) is 0 Å². The van der Waals surface area contributed by atoms with E-state index < -0.39 is 0 Å². The van der Waals surface area contributed by atoms with E-state index in [9.17, 15) is 4.79 Å². The molecule has 0 aliphatic carbocycles. The molecule has 0 saturated carbocycles. The number of aromatic nitrogens is 1. The van der Waals surface area contributed by atoms with Crippen LogP contribution in [-0.4, -0.2) is 10.8 Å². The van der Waals surface area contributed by atoms with E-state index in [4.69, 9.17) is 11.5 Å². The summed E-state index contributed by atoms with van der Waals surface area (Å²) in [7, 11) is 0. The van der Waals surface area contributed by atoms with Crippen molar-refractivity contribution < 1.29 is 4.79 Å². The molecule has 0 fully saturated rings. The van der Waals surface area contributed by atoms with Crippen molar-refractivity contribution in [1.82, 2.24) is 4.98 Å². The second-order valence-corrected chi connectivity index (χ2v) is 4.94. The van der Waals surface area contributed by atoms with Crippen LogP contribution in [0.4, 0.5) is 5.69 Å². The topological polar surface area (TPSA) is 82.0 Å². The fourth-order valence-electron chi connectivity index (χ4n) is 2.10. The zero-order chi connectivity index (χ0) is 14.5. The highest BCUT2D eigenvalue weighted by Gasteiger charge is 2.22. The van der Waals surface area contributed by atoms with E-state index in [2.05, 4.69) is 4.98 Å². The van der Waals surface area contributed by atoms with E-state index in [1.807, 2.05) is 37.3 Å². The van der Waals surface area contributed by atoms with Crippen LogP contribution in [-0.2, 0) is 11.2 Å². The number of nitrogens with zero attached hydrogens (tertiary/aromatic N) is 1. The highest BCUT2D eigenvalue weighted by molar-refractivity contribution is 5.84. The molecular formula is C16H19N3O. The number of nitrogen functional groups attached to an aromatic ring is 1. The zero-order valence-corrected chi connectivity index (χ0v) is 11.5. The van der Waals surface area contributed by atoms with Crippen LogP contribution >= 0.6 is 0 Å². The van der Waals surface area contributed by atoms with Gasteiger partial charge in [-0.3, -0.25) is 9.78 Å². The minimum Gasteiger partial charge on any atom is -0.398 e. The molecule has 4 N–H and O–H groups in total. The van der Waals surface area contributed by atoms with Gasteiger partial charge in [-0.1, -0.05) is 37.3 Å². The van der Waals surface area contributed by atoms with Gasteiger partial charge in [-0.05, 0) is 11.6 Å². The van der Waals surface area contributed by atoms with Crippen molar-refractivity contribution in [3.8, 4) is 0 Å². The molecule has 0 spiro atoms.